The van der Waals surface area contributed by atoms with E-state index in [1.165, 1.54) is 23.1 Å². The van der Waals surface area contributed by atoms with Gasteiger partial charge in [0.15, 0.2) is 0 Å². The number of nitrogens with one attached hydrogen (secondary N) is 1. The number of esters is 1. The Morgan fingerprint density at radius 2 is 1.74 bits per heavy atom. The van der Waals surface area contributed by atoms with Gasteiger partial charge in [0.2, 0.25) is 0 Å². The fraction of sp³-hybridized carbons (Fsp3) is 0.233. The minimum atomic E-state index is -0.331. The van der Waals surface area contributed by atoms with Crippen molar-refractivity contribution >= 4 is 22.4 Å². The van der Waals surface area contributed by atoms with Gasteiger partial charge in [-0.1, -0.05) is 54.6 Å². The molecule has 4 heteroatoms. The maximum Gasteiger partial charge on any atom is 0.343 e. The summed E-state index contributed by atoms with van der Waals surface area (Å²) in [6.45, 7) is 3.29. The number of carbonyl (C=O) groups excluding carboxylic acids is 1. The molecule has 0 saturated carbocycles. The second-order valence-electron chi connectivity index (χ2n) is 8.88. The number of nitrogens with zero attached hydrogens (tertiary/aromatic N) is 1. The number of ether oxygens (including phenoxy) is 1. The van der Waals surface area contributed by atoms with E-state index < -0.39 is 0 Å². The largest absolute Gasteiger partial charge is 0.423 e. The Labute approximate surface area is 200 Å². The molecule has 0 atom stereocenters. The van der Waals surface area contributed by atoms with Crippen LogP contribution in [0.5, 0.6) is 5.75 Å². The summed E-state index contributed by atoms with van der Waals surface area (Å²) in [5.41, 5.74) is 5.73. The third-order valence-corrected chi connectivity index (χ3v) is 6.57. The highest BCUT2D eigenvalue weighted by molar-refractivity contribution is 5.92. The highest BCUT2D eigenvalue weighted by Gasteiger charge is 2.13. The lowest BCUT2D eigenvalue weighted by atomic mass is 9.99. The Hall–Kier alpha value is -3.63. The van der Waals surface area contributed by atoms with Gasteiger partial charge < -0.3 is 9.72 Å². The van der Waals surface area contributed by atoms with Crippen molar-refractivity contribution in [2.45, 2.75) is 25.7 Å². The Morgan fingerprint density at radius 3 is 2.50 bits per heavy atom. The van der Waals surface area contributed by atoms with Crippen molar-refractivity contribution in [1.29, 1.82) is 0 Å². The summed E-state index contributed by atoms with van der Waals surface area (Å²) >= 11 is 0. The molecule has 1 N–H and O–H groups in total. The van der Waals surface area contributed by atoms with Crippen molar-refractivity contribution in [3.05, 3.63) is 108 Å². The minimum absolute atomic E-state index is 0.331. The van der Waals surface area contributed by atoms with Crippen LogP contribution >= 0.6 is 0 Å². The van der Waals surface area contributed by atoms with Crippen LogP contribution < -0.4 is 4.74 Å². The van der Waals surface area contributed by atoms with Crippen LogP contribution in [0.2, 0.25) is 0 Å². The van der Waals surface area contributed by atoms with Crippen molar-refractivity contribution in [2.24, 2.45) is 0 Å². The van der Waals surface area contributed by atoms with Crippen molar-refractivity contribution < 1.29 is 9.53 Å². The predicted molar refractivity (Wildman–Crippen MR) is 138 cm³/mol. The Morgan fingerprint density at radius 1 is 0.941 bits per heavy atom. The van der Waals surface area contributed by atoms with Gasteiger partial charge in [-0.25, -0.2) is 4.79 Å². The molecular weight excluding hydrogens is 420 g/mol. The molecule has 4 nitrogen and oxygen atoms in total. The van der Waals surface area contributed by atoms with E-state index in [1.807, 2.05) is 36.4 Å². The van der Waals surface area contributed by atoms with E-state index in [1.54, 1.807) is 12.1 Å². The molecule has 4 aromatic rings. The molecule has 0 radical (unpaired) electrons. The first-order valence-electron chi connectivity index (χ1n) is 12.1. The van der Waals surface area contributed by atoms with Gasteiger partial charge in [-0.15, -0.1) is 0 Å². The number of aromatic nitrogens is 1. The first-order valence-corrected chi connectivity index (χ1v) is 12.1. The van der Waals surface area contributed by atoms with Gasteiger partial charge in [-0.2, -0.15) is 0 Å². The molecule has 0 fully saturated rings. The van der Waals surface area contributed by atoms with E-state index in [2.05, 4.69) is 52.5 Å². The van der Waals surface area contributed by atoms with Gasteiger partial charge in [-0.05, 0) is 79.3 Å². The van der Waals surface area contributed by atoms with Crippen LogP contribution in [-0.4, -0.2) is 35.5 Å². The summed E-state index contributed by atoms with van der Waals surface area (Å²) in [7, 11) is 0. The number of rotatable bonds is 8. The zero-order chi connectivity index (χ0) is 23.2. The standard InChI is InChI=1S/C30H30N2O2/c33-30(25-11-5-2-6-12-25)34-27-14-15-29-28(21-27)26(22-31-29)13-7-8-18-32-19-16-24(17-20-32)23-9-3-1-4-10-23/h1-6,9-12,14-16,21-22,31H,7-8,13,17-20H2. The number of hydrogen-bond donors (Lipinski definition) is 1. The summed E-state index contributed by atoms with van der Waals surface area (Å²) < 4.78 is 5.61. The number of benzene rings is 3. The summed E-state index contributed by atoms with van der Waals surface area (Å²) in [6, 6.07) is 25.6. The van der Waals surface area contributed by atoms with Crippen molar-refractivity contribution in [1.82, 2.24) is 9.88 Å². The van der Waals surface area contributed by atoms with Crippen LogP contribution in [0, 0.1) is 0 Å². The molecule has 0 aliphatic carbocycles. The first-order chi connectivity index (χ1) is 16.8. The van der Waals surface area contributed by atoms with Crippen LogP contribution in [0.4, 0.5) is 0 Å². The van der Waals surface area contributed by atoms with Crippen LogP contribution in [0.15, 0.2) is 91.1 Å². The number of H-pyrrole nitrogens is 1. The molecule has 5 rings (SSSR count). The Kier molecular flexibility index (Phi) is 6.87. The average Bonchev–Trinajstić information content (AvgIpc) is 3.30. The van der Waals surface area contributed by atoms with E-state index in [0.29, 0.717) is 11.3 Å². The highest BCUT2D eigenvalue weighted by atomic mass is 16.5. The van der Waals surface area contributed by atoms with E-state index >= 15 is 0 Å². The van der Waals surface area contributed by atoms with E-state index in [9.17, 15) is 4.79 Å². The van der Waals surface area contributed by atoms with Gasteiger partial charge in [-0.3, -0.25) is 4.90 Å². The molecular formula is C30H30N2O2. The summed E-state index contributed by atoms with van der Waals surface area (Å²) in [5, 5.41) is 1.13. The second kappa shape index (κ2) is 10.5. The minimum Gasteiger partial charge on any atom is -0.423 e. The van der Waals surface area contributed by atoms with Gasteiger partial charge >= 0.3 is 5.97 Å². The van der Waals surface area contributed by atoms with Crippen molar-refractivity contribution in [2.75, 3.05) is 19.6 Å². The van der Waals surface area contributed by atoms with E-state index in [0.717, 1.165) is 49.8 Å². The zero-order valence-electron chi connectivity index (χ0n) is 19.4. The first kappa shape index (κ1) is 22.2. The van der Waals surface area contributed by atoms with Gasteiger partial charge in [0.05, 0.1) is 5.56 Å². The highest BCUT2D eigenvalue weighted by Crippen LogP contribution is 2.26. The van der Waals surface area contributed by atoms with Crippen LogP contribution in [0.1, 0.15) is 40.7 Å². The van der Waals surface area contributed by atoms with Crippen molar-refractivity contribution in [3.8, 4) is 5.75 Å². The molecule has 0 saturated heterocycles. The lowest BCUT2D eigenvalue weighted by molar-refractivity contribution is 0.0735. The fourth-order valence-corrected chi connectivity index (χ4v) is 4.65. The number of hydrogen-bond acceptors (Lipinski definition) is 3. The molecule has 0 spiro atoms. The molecule has 172 valence electrons. The van der Waals surface area contributed by atoms with Gasteiger partial charge in [0, 0.05) is 30.2 Å². The maximum atomic E-state index is 12.4. The molecule has 0 unspecified atom stereocenters. The predicted octanol–water partition coefficient (Wildman–Crippen LogP) is 6.50. The van der Waals surface area contributed by atoms with Gasteiger partial charge in [0.25, 0.3) is 0 Å². The monoisotopic (exact) mass is 450 g/mol. The smallest absolute Gasteiger partial charge is 0.343 e. The quantitative estimate of drug-likeness (QED) is 0.189. The van der Waals surface area contributed by atoms with E-state index in [4.69, 9.17) is 4.74 Å². The molecule has 3 aromatic carbocycles. The number of unbranched alkanes of at least 4 members (excludes halogenated alkanes) is 1. The lowest BCUT2D eigenvalue weighted by Crippen LogP contribution is -2.29. The summed E-state index contributed by atoms with van der Waals surface area (Å²) in [5.74, 6) is 0.250. The second-order valence-corrected chi connectivity index (χ2v) is 8.88. The third kappa shape index (κ3) is 5.29. The fourth-order valence-electron chi connectivity index (χ4n) is 4.65. The molecule has 0 bridgehead atoms. The number of fused-ring (bicyclic) bond motifs is 1. The molecule has 34 heavy (non-hydrogen) atoms. The number of aryl methyl sites for hydroxylation is 1. The lowest BCUT2D eigenvalue weighted by Gasteiger charge is -2.26. The normalized spacial score (nSPS) is 14.2. The van der Waals surface area contributed by atoms with Gasteiger partial charge in [0.1, 0.15) is 5.75 Å². The summed E-state index contributed by atoms with van der Waals surface area (Å²) in [6.07, 6.45) is 8.91. The molecule has 1 aromatic heterocycles. The van der Waals surface area contributed by atoms with Crippen LogP contribution in [-0.2, 0) is 6.42 Å². The molecule has 2 heterocycles. The van der Waals surface area contributed by atoms with E-state index in [-0.39, 0.29) is 5.97 Å². The Bertz CT molecular complexity index is 1280. The van der Waals surface area contributed by atoms with Crippen molar-refractivity contribution in [3.63, 3.8) is 0 Å². The number of carbonyl (C=O) groups is 1. The Balaban J connectivity index is 1.13. The summed E-state index contributed by atoms with van der Waals surface area (Å²) in [4.78, 5) is 18.3. The van der Waals surface area contributed by atoms with Crippen LogP contribution in [0.25, 0.3) is 16.5 Å². The number of aromatic amines is 1. The molecule has 0 amide bonds. The average molecular weight is 451 g/mol. The topological polar surface area (TPSA) is 45.3 Å². The third-order valence-electron chi connectivity index (χ3n) is 6.57. The van der Waals surface area contributed by atoms with Crippen LogP contribution in [0.3, 0.4) is 0 Å². The molecule has 1 aliphatic rings. The SMILES string of the molecule is O=C(Oc1ccc2[nH]cc(CCCCN3CC=C(c4ccccc4)CC3)c2c1)c1ccccc1. The maximum absolute atomic E-state index is 12.4. The molecule has 1 aliphatic heterocycles. The zero-order valence-corrected chi connectivity index (χ0v) is 19.4.